The molecule has 1 atom stereocenters. The third kappa shape index (κ3) is 3.84. The van der Waals surface area contributed by atoms with Crippen molar-refractivity contribution in [1.82, 2.24) is 4.90 Å². The fraction of sp³-hybridized carbons (Fsp3) is 0.409. The Kier molecular flexibility index (Phi) is 5.78. The number of nitrogens with zero attached hydrogens (tertiary/aromatic N) is 3. The van der Waals surface area contributed by atoms with Crippen molar-refractivity contribution >= 4 is 29.0 Å². The van der Waals surface area contributed by atoms with Crippen LogP contribution in [0.25, 0.3) is 0 Å². The molecule has 2 aliphatic heterocycles. The average Bonchev–Trinajstić information content (AvgIpc) is 2.75. The highest BCUT2D eigenvalue weighted by molar-refractivity contribution is 8.01. The monoisotopic (exact) mass is 397 g/mol. The van der Waals surface area contributed by atoms with Crippen LogP contribution in [0.4, 0.5) is 11.4 Å². The molecule has 1 unspecified atom stereocenters. The van der Waals surface area contributed by atoms with Gasteiger partial charge in [0.05, 0.1) is 23.7 Å². The predicted octanol–water partition coefficient (Wildman–Crippen LogP) is 3.34. The van der Waals surface area contributed by atoms with E-state index >= 15 is 0 Å². The molecule has 0 saturated carbocycles. The van der Waals surface area contributed by atoms with Gasteiger partial charge in [-0.05, 0) is 37.2 Å². The Hall–Kier alpha value is -2.18. The molecule has 0 spiro atoms. The van der Waals surface area contributed by atoms with E-state index in [0.29, 0.717) is 0 Å². The molecule has 0 aromatic heterocycles. The number of fused-ring (bicyclic) bond motifs is 1. The highest BCUT2D eigenvalue weighted by Crippen LogP contribution is 2.39. The summed E-state index contributed by atoms with van der Waals surface area (Å²) >= 11 is 1.71. The Labute approximate surface area is 171 Å². The van der Waals surface area contributed by atoms with Crippen molar-refractivity contribution in [3.63, 3.8) is 0 Å². The zero-order chi connectivity index (χ0) is 19.5. The summed E-state index contributed by atoms with van der Waals surface area (Å²) in [6.45, 7) is 4.94. The lowest BCUT2D eigenvalue weighted by Crippen LogP contribution is -2.48. The van der Waals surface area contributed by atoms with Crippen LogP contribution in [0.15, 0.2) is 53.4 Å². The largest absolute Gasteiger partial charge is 0.495 e. The van der Waals surface area contributed by atoms with E-state index in [4.69, 9.17) is 4.74 Å². The van der Waals surface area contributed by atoms with Gasteiger partial charge in [-0.3, -0.25) is 9.69 Å². The zero-order valence-corrected chi connectivity index (χ0v) is 17.3. The molecular formula is C22H27N3O2S. The van der Waals surface area contributed by atoms with Gasteiger partial charge in [0.15, 0.2) is 0 Å². The number of methoxy groups -OCH3 is 1. The Morgan fingerprint density at radius 3 is 2.43 bits per heavy atom. The van der Waals surface area contributed by atoms with Gasteiger partial charge < -0.3 is 14.5 Å². The van der Waals surface area contributed by atoms with Crippen molar-refractivity contribution in [3.05, 3.63) is 48.5 Å². The fourth-order valence-corrected chi connectivity index (χ4v) is 5.23. The Morgan fingerprint density at radius 1 is 1.00 bits per heavy atom. The number of carbonyl (C=O) groups excluding carboxylic acids is 1. The maximum absolute atomic E-state index is 12.7. The lowest BCUT2D eigenvalue weighted by Gasteiger charge is -2.37. The topological polar surface area (TPSA) is 36.0 Å². The third-order valence-corrected chi connectivity index (χ3v) is 6.93. The molecule has 0 aliphatic carbocycles. The second-order valence-electron chi connectivity index (χ2n) is 7.26. The number of piperazine rings is 1. The van der Waals surface area contributed by atoms with Crippen LogP contribution in [0, 0.1) is 0 Å². The highest BCUT2D eigenvalue weighted by Gasteiger charge is 2.31. The molecule has 1 saturated heterocycles. The smallest absolute Gasteiger partial charge is 0.240 e. The first-order chi connectivity index (χ1) is 13.7. The number of hydrogen-bond acceptors (Lipinski definition) is 5. The van der Waals surface area contributed by atoms with Crippen molar-refractivity contribution in [2.75, 3.05) is 56.7 Å². The molecule has 5 nitrogen and oxygen atoms in total. The lowest BCUT2D eigenvalue weighted by atomic mass is 10.2. The Morgan fingerprint density at radius 2 is 1.68 bits per heavy atom. The number of rotatable bonds is 5. The number of para-hydroxylation sites is 3. The summed E-state index contributed by atoms with van der Waals surface area (Å²) in [7, 11) is 3.61. The standard InChI is InChI=1S/C22H27N3O2S/c1-23-18-8-4-6-10-20(18)28-21(22(23)26)11-12-24-13-15-25(16-14-24)17-7-3-5-9-19(17)27-2/h3-10,21H,11-16H2,1-2H3. The number of benzene rings is 2. The quantitative estimate of drug-likeness (QED) is 0.773. The zero-order valence-electron chi connectivity index (χ0n) is 16.5. The van der Waals surface area contributed by atoms with E-state index in [0.717, 1.165) is 50.6 Å². The second kappa shape index (κ2) is 8.45. The second-order valence-corrected chi connectivity index (χ2v) is 8.51. The number of anilines is 2. The number of hydrogen-bond donors (Lipinski definition) is 0. The maximum atomic E-state index is 12.7. The molecule has 6 heteroatoms. The number of amides is 1. The van der Waals surface area contributed by atoms with Crippen LogP contribution in [0.3, 0.4) is 0 Å². The first-order valence-corrected chi connectivity index (χ1v) is 10.7. The van der Waals surface area contributed by atoms with Gasteiger partial charge in [-0.1, -0.05) is 24.3 Å². The molecule has 0 radical (unpaired) electrons. The summed E-state index contributed by atoms with van der Waals surface area (Å²) in [6, 6.07) is 16.4. The van der Waals surface area contributed by atoms with Gasteiger partial charge in [0.2, 0.25) is 5.91 Å². The molecule has 148 valence electrons. The average molecular weight is 398 g/mol. The van der Waals surface area contributed by atoms with Crippen LogP contribution in [-0.4, -0.2) is 62.9 Å². The van der Waals surface area contributed by atoms with Gasteiger partial charge in [-0.25, -0.2) is 0 Å². The molecule has 4 rings (SSSR count). The van der Waals surface area contributed by atoms with Crippen LogP contribution >= 0.6 is 11.8 Å². The molecule has 0 bridgehead atoms. The highest BCUT2D eigenvalue weighted by atomic mass is 32.2. The number of thioether (sulfide) groups is 1. The summed E-state index contributed by atoms with van der Waals surface area (Å²) in [6.07, 6.45) is 0.886. The molecule has 1 amide bonds. The van der Waals surface area contributed by atoms with E-state index in [1.165, 1.54) is 10.6 Å². The maximum Gasteiger partial charge on any atom is 0.240 e. The summed E-state index contributed by atoms with van der Waals surface area (Å²) in [4.78, 5) is 20.6. The van der Waals surface area contributed by atoms with E-state index in [1.807, 2.05) is 42.3 Å². The van der Waals surface area contributed by atoms with Gasteiger partial charge >= 0.3 is 0 Å². The molecule has 2 aliphatic rings. The third-order valence-electron chi connectivity index (χ3n) is 5.61. The Bertz CT molecular complexity index is 836. The molecular weight excluding hydrogens is 370 g/mol. The summed E-state index contributed by atoms with van der Waals surface area (Å²) in [5.41, 5.74) is 2.19. The molecule has 28 heavy (non-hydrogen) atoms. The van der Waals surface area contributed by atoms with Crippen molar-refractivity contribution in [2.45, 2.75) is 16.6 Å². The van der Waals surface area contributed by atoms with Gasteiger partial charge in [-0.15, -0.1) is 11.8 Å². The molecule has 1 fully saturated rings. The lowest BCUT2D eigenvalue weighted by molar-refractivity contribution is -0.118. The van der Waals surface area contributed by atoms with Crippen molar-refractivity contribution in [3.8, 4) is 5.75 Å². The normalized spacial score (nSPS) is 20.2. The van der Waals surface area contributed by atoms with Crippen LogP contribution in [0.1, 0.15) is 6.42 Å². The van der Waals surface area contributed by atoms with Crippen LogP contribution in [0.5, 0.6) is 5.75 Å². The van der Waals surface area contributed by atoms with E-state index in [9.17, 15) is 4.79 Å². The first kappa shape index (κ1) is 19.2. The van der Waals surface area contributed by atoms with Gasteiger partial charge in [0.25, 0.3) is 0 Å². The van der Waals surface area contributed by atoms with Gasteiger partial charge in [-0.2, -0.15) is 0 Å². The van der Waals surface area contributed by atoms with E-state index in [1.54, 1.807) is 18.9 Å². The summed E-state index contributed by atoms with van der Waals surface area (Å²) in [5, 5.41) is 0.00662. The molecule has 2 aromatic rings. The summed E-state index contributed by atoms with van der Waals surface area (Å²) < 4.78 is 5.50. The van der Waals surface area contributed by atoms with E-state index in [2.05, 4.69) is 28.0 Å². The van der Waals surface area contributed by atoms with Crippen LogP contribution < -0.4 is 14.5 Å². The van der Waals surface area contributed by atoms with Gasteiger partial charge in [0.1, 0.15) is 5.75 Å². The fourth-order valence-electron chi connectivity index (χ4n) is 3.96. The SMILES string of the molecule is COc1ccccc1N1CCN(CCC2Sc3ccccc3N(C)C2=O)CC1. The number of carbonyl (C=O) groups is 1. The predicted molar refractivity (Wildman–Crippen MR) is 116 cm³/mol. The summed E-state index contributed by atoms with van der Waals surface area (Å²) in [5.74, 6) is 1.15. The van der Waals surface area contributed by atoms with Crippen LogP contribution in [-0.2, 0) is 4.79 Å². The Balaban J connectivity index is 1.32. The van der Waals surface area contributed by atoms with Crippen molar-refractivity contribution in [1.29, 1.82) is 0 Å². The van der Waals surface area contributed by atoms with Crippen LogP contribution in [0.2, 0.25) is 0 Å². The van der Waals surface area contributed by atoms with E-state index in [-0.39, 0.29) is 11.2 Å². The number of ether oxygens (including phenoxy) is 1. The van der Waals surface area contributed by atoms with Crippen molar-refractivity contribution in [2.24, 2.45) is 0 Å². The molecule has 2 aromatic carbocycles. The molecule has 0 N–H and O–H groups in total. The first-order valence-electron chi connectivity index (χ1n) is 9.81. The van der Waals surface area contributed by atoms with E-state index < -0.39 is 0 Å². The minimum absolute atomic E-state index is 0.00662. The minimum Gasteiger partial charge on any atom is -0.495 e. The van der Waals surface area contributed by atoms with Gasteiger partial charge in [0, 0.05) is 38.1 Å². The molecule has 2 heterocycles. The van der Waals surface area contributed by atoms with Crippen molar-refractivity contribution < 1.29 is 9.53 Å². The minimum atomic E-state index is 0.00662.